The number of benzene rings is 1. The summed E-state index contributed by atoms with van der Waals surface area (Å²) < 4.78 is 5.29. The molecule has 0 bridgehead atoms. The molecule has 0 radical (unpaired) electrons. The van der Waals surface area contributed by atoms with Crippen LogP contribution in [-0.4, -0.2) is 62.6 Å². The van der Waals surface area contributed by atoms with Crippen LogP contribution in [-0.2, 0) is 0 Å². The number of likely N-dealkylation sites (N-methyl/N-ethyl adjacent to an activating group) is 1. The lowest BCUT2D eigenvalue weighted by atomic mass is 10.0. The molecule has 0 aromatic heterocycles. The van der Waals surface area contributed by atoms with E-state index in [0.717, 1.165) is 31.9 Å². The molecule has 1 N–H and O–H groups in total. The van der Waals surface area contributed by atoms with Crippen molar-refractivity contribution in [2.75, 3.05) is 45.2 Å². The Hall–Kier alpha value is -2.08. The molecule has 6 nitrogen and oxygen atoms in total. The second-order valence-electron chi connectivity index (χ2n) is 4.79. The van der Waals surface area contributed by atoms with Gasteiger partial charge in [0.05, 0.1) is 23.9 Å². The zero-order chi connectivity index (χ0) is 14.7. The van der Waals surface area contributed by atoms with Crippen molar-refractivity contribution in [2.24, 2.45) is 0 Å². The Balaban J connectivity index is 2.43. The number of hydrogen-bond donors (Lipinski definition) is 1. The van der Waals surface area contributed by atoms with E-state index in [2.05, 4.69) is 16.8 Å². The minimum Gasteiger partial charge on any atom is -0.494 e. The third-order valence-corrected chi connectivity index (χ3v) is 3.57. The van der Waals surface area contributed by atoms with E-state index < -0.39 is 5.97 Å². The highest BCUT2D eigenvalue weighted by atomic mass is 16.5. The number of hydrogen-bond acceptors (Lipinski definition) is 5. The minimum atomic E-state index is -1.13. The third kappa shape index (κ3) is 2.60. The number of nitrogens with zero attached hydrogens (tertiary/aromatic N) is 2. The number of carboxylic acids is 1. The van der Waals surface area contributed by atoms with Crippen LogP contribution in [0.15, 0.2) is 12.1 Å². The number of rotatable bonds is 4. The number of anilines is 1. The predicted octanol–water partition coefficient (Wildman–Crippen LogP) is 0.958. The molecule has 0 spiro atoms. The highest BCUT2D eigenvalue weighted by Gasteiger charge is 2.23. The first-order valence-electron chi connectivity index (χ1n) is 6.41. The van der Waals surface area contributed by atoms with Crippen molar-refractivity contribution in [3.63, 3.8) is 0 Å². The largest absolute Gasteiger partial charge is 0.494 e. The maximum atomic E-state index is 11.2. The summed E-state index contributed by atoms with van der Waals surface area (Å²) in [5.74, 6) is -0.792. The summed E-state index contributed by atoms with van der Waals surface area (Å²) in [5, 5.41) is 9.12. The van der Waals surface area contributed by atoms with Gasteiger partial charge in [0, 0.05) is 26.2 Å². The number of carboxylic acid groups (broad SMARTS) is 1. The highest BCUT2D eigenvalue weighted by Crippen LogP contribution is 2.34. The van der Waals surface area contributed by atoms with Gasteiger partial charge in [-0.05, 0) is 19.2 Å². The molecule has 1 heterocycles. The summed E-state index contributed by atoms with van der Waals surface area (Å²) in [5.41, 5.74) is 0.832. The molecule has 0 amide bonds. The van der Waals surface area contributed by atoms with Crippen LogP contribution < -0.4 is 9.64 Å². The van der Waals surface area contributed by atoms with Gasteiger partial charge in [-0.1, -0.05) is 0 Å². The SMILES string of the molecule is COc1c(N2CCN(C)CC2)ccc(C(=O)O)c1C=O. The molecule has 0 atom stereocenters. The fourth-order valence-electron chi connectivity index (χ4n) is 2.40. The topological polar surface area (TPSA) is 70.1 Å². The summed E-state index contributed by atoms with van der Waals surface area (Å²) in [4.78, 5) is 26.7. The standard InChI is InChI=1S/C14H18N2O4/c1-15-5-7-16(8-6-15)12-4-3-10(14(18)19)11(9-17)13(12)20-2/h3-4,9H,5-8H2,1-2H3,(H,18,19). The molecular weight excluding hydrogens is 260 g/mol. The molecule has 1 aliphatic heterocycles. The van der Waals surface area contributed by atoms with Gasteiger partial charge in [-0.15, -0.1) is 0 Å². The van der Waals surface area contributed by atoms with E-state index in [-0.39, 0.29) is 11.1 Å². The number of carbonyl (C=O) groups is 2. The molecule has 0 aliphatic carbocycles. The van der Waals surface area contributed by atoms with Crippen molar-refractivity contribution in [2.45, 2.75) is 0 Å². The number of piperazine rings is 1. The lowest BCUT2D eigenvalue weighted by molar-refractivity contribution is 0.0693. The Kier molecular flexibility index (Phi) is 4.24. The first-order valence-corrected chi connectivity index (χ1v) is 6.41. The molecule has 2 rings (SSSR count). The Bertz CT molecular complexity index is 522. The summed E-state index contributed by atoms with van der Waals surface area (Å²) >= 11 is 0. The Morgan fingerprint density at radius 2 is 1.95 bits per heavy atom. The second kappa shape index (κ2) is 5.92. The van der Waals surface area contributed by atoms with E-state index in [1.807, 2.05) is 0 Å². The number of ether oxygens (including phenoxy) is 1. The number of aldehydes is 1. The summed E-state index contributed by atoms with van der Waals surface area (Å²) in [6.07, 6.45) is 0.544. The lowest BCUT2D eigenvalue weighted by Crippen LogP contribution is -2.44. The Morgan fingerprint density at radius 1 is 1.30 bits per heavy atom. The van der Waals surface area contributed by atoms with Crippen LogP contribution in [0.3, 0.4) is 0 Å². The van der Waals surface area contributed by atoms with Crippen LogP contribution in [0.1, 0.15) is 20.7 Å². The quantitative estimate of drug-likeness (QED) is 0.827. The van der Waals surface area contributed by atoms with Crippen LogP contribution in [0.25, 0.3) is 0 Å². The van der Waals surface area contributed by atoms with Crippen molar-refractivity contribution in [3.05, 3.63) is 23.3 Å². The van der Waals surface area contributed by atoms with Crippen molar-refractivity contribution >= 4 is 17.9 Å². The smallest absolute Gasteiger partial charge is 0.336 e. The molecule has 1 fully saturated rings. The molecule has 108 valence electrons. The lowest BCUT2D eigenvalue weighted by Gasteiger charge is -2.35. The first-order chi connectivity index (χ1) is 9.58. The van der Waals surface area contributed by atoms with Gasteiger partial charge in [-0.25, -0.2) is 4.79 Å². The maximum absolute atomic E-state index is 11.2. The van der Waals surface area contributed by atoms with Crippen molar-refractivity contribution < 1.29 is 19.4 Å². The number of aromatic carboxylic acids is 1. The van der Waals surface area contributed by atoms with E-state index in [1.165, 1.54) is 13.2 Å². The third-order valence-electron chi connectivity index (χ3n) is 3.57. The molecule has 1 saturated heterocycles. The minimum absolute atomic E-state index is 0.0327. The van der Waals surface area contributed by atoms with E-state index >= 15 is 0 Å². The summed E-state index contributed by atoms with van der Waals surface area (Å²) in [6.45, 7) is 3.47. The molecular formula is C14H18N2O4. The predicted molar refractivity (Wildman–Crippen MR) is 75.1 cm³/mol. The number of methoxy groups -OCH3 is 1. The summed E-state index contributed by atoms with van der Waals surface area (Å²) in [7, 11) is 3.51. The molecule has 6 heteroatoms. The van der Waals surface area contributed by atoms with Gasteiger partial charge in [0.25, 0.3) is 0 Å². The monoisotopic (exact) mass is 278 g/mol. The normalized spacial score (nSPS) is 16.0. The van der Waals surface area contributed by atoms with E-state index in [9.17, 15) is 9.59 Å². The van der Waals surface area contributed by atoms with Crippen molar-refractivity contribution in [3.8, 4) is 5.75 Å². The van der Waals surface area contributed by atoms with Gasteiger partial charge in [-0.3, -0.25) is 4.79 Å². The Morgan fingerprint density at radius 3 is 2.45 bits per heavy atom. The van der Waals surface area contributed by atoms with Gasteiger partial charge < -0.3 is 19.6 Å². The molecule has 20 heavy (non-hydrogen) atoms. The van der Waals surface area contributed by atoms with Gasteiger partial charge in [-0.2, -0.15) is 0 Å². The second-order valence-corrected chi connectivity index (χ2v) is 4.79. The molecule has 1 aliphatic rings. The van der Waals surface area contributed by atoms with Crippen molar-refractivity contribution in [1.82, 2.24) is 4.90 Å². The first kappa shape index (κ1) is 14.3. The van der Waals surface area contributed by atoms with Gasteiger partial charge in [0.15, 0.2) is 12.0 Å². The molecule has 1 aromatic rings. The Labute approximate surface area is 117 Å². The zero-order valence-electron chi connectivity index (χ0n) is 11.6. The zero-order valence-corrected chi connectivity index (χ0v) is 11.6. The summed E-state index contributed by atoms with van der Waals surface area (Å²) in [6, 6.07) is 3.17. The average molecular weight is 278 g/mol. The van der Waals surface area contributed by atoms with E-state index in [1.54, 1.807) is 6.07 Å². The number of carbonyl (C=O) groups excluding carboxylic acids is 1. The van der Waals surface area contributed by atoms with E-state index in [0.29, 0.717) is 12.0 Å². The maximum Gasteiger partial charge on any atom is 0.336 e. The van der Waals surface area contributed by atoms with Gasteiger partial charge >= 0.3 is 5.97 Å². The molecule has 1 aromatic carbocycles. The van der Waals surface area contributed by atoms with Crippen molar-refractivity contribution in [1.29, 1.82) is 0 Å². The van der Waals surface area contributed by atoms with E-state index in [4.69, 9.17) is 9.84 Å². The average Bonchev–Trinajstić information content (AvgIpc) is 2.46. The van der Waals surface area contributed by atoms with Gasteiger partial charge in [0.1, 0.15) is 0 Å². The fraction of sp³-hybridized carbons (Fsp3) is 0.429. The fourth-order valence-corrected chi connectivity index (χ4v) is 2.40. The molecule has 0 unspecified atom stereocenters. The van der Waals surface area contributed by atoms with Crippen LogP contribution in [0.2, 0.25) is 0 Å². The molecule has 0 saturated carbocycles. The van der Waals surface area contributed by atoms with Crippen LogP contribution in [0, 0.1) is 0 Å². The highest BCUT2D eigenvalue weighted by molar-refractivity contribution is 6.00. The van der Waals surface area contributed by atoms with Crippen LogP contribution in [0.5, 0.6) is 5.75 Å². The van der Waals surface area contributed by atoms with Crippen LogP contribution in [0.4, 0.5) is 5.69 Å². The van der Waals surface area contributed by atoms with Gasteiger partial charge in [0.2, 0.25) is 0 Å². The van der Waals surface area contributed by atoms with Crippen LogP contribution >= 0.6 is 0 Å².